The van der Waals surface area contributed by atoms with Crippen LogP contribution >= 0.6 is 11.3 Å². The van der Waals surface area contributed by atoms with Gasteiger partial charge in [0.05, 0.1) is 29.8 Å². The second-order valence-electron chi connectivity index (χ2n) is 8.57. The zero-order valence-corrected chi connectivity index (χ0v) is 19.9. The maximum Gasteiger partial charge on any atom is 0.297 e. The van der Waals surface area contributed by atoms with Crippen LogP contribution in [-0.4, -0.2) is 18.0 Å². The molecule has 1 unspecified atom stereocenters. The van der Waals surface area contributed by atoms with E-state index >= 15 is 0 Å². The molecule has 0 fully saturated rings. The molecule has 0 aliphatic carbocycles. The van der Waals surface area contributed by atoms with Crippen LogP contribution in [0.15, 0.2) is 51.7 Å². The Morgan fingerprint density at radius 2 is 1.82 bits per heavy atom. The van der Waals surface area contributed by atoms with E-state index in [-0.39, 0.29) is 17.1 Å². The molecule has 1 atom stereocenters. The van der Waals surface area contributed by atoms with Crippen molar-refractivity contribution in [3.05, 3.63) is 85.7 Å². The number of hydrogen-bond acceptors (Lipinski definition) is 6. The molecule has 5 rings (SSSR count). The number of thiazole rings is 1. The first-order chi connectivity index (χ1) is 15.8. The number of aryl methyl sites for hydroxylation is 2. The standard InChI is InChI=1S/C26H24N2O4S/c1-13(2)16-6-8-17(9-7-16)22-21-23(29)19-11-10-18(31-5)12-20(19)32-24(21)25(30)28(22)26-27-14(3)15(4)33-26/h6-13,22H,1-5H3. The van der Waals surface area contributed by atoms with E-state index in [2.05, 4.69) is 18.8 Å². The van der Waals surface area contributed by atoms with Crippen LogP contribution in [0.25, 0.3) is 11.0 Å². The molecular weight excluding hydrogens is 436 g/mol. The smallest absolute Gasteiger partial charge is 0.297 e. The third kappa shape index (κ3) is 3.35. The Labute approximate surface area is 195 Å². The molecule has 3 heterocycles. The normalized spacial score (nSPS) is 15.5. The number of anilines is 1. The van der Waals surface area contributed by atoms with Gasteiger partial charge in [0.1, 0.15) is 11.3 Å². The van der Waals surface area contributed by atoms with E-state index in [9.17, 15) is 9.59 Å². The van der Waals surface area contributed by atoms with E-state index in [0.717, 1.165) is 16.1 Å². The lowest BCUT2D eigenvalue weighted by Crippen LogP contribution is -2.29. The first kappa shape index (κ1) is 21.4. The van der Waals surface area contributed by atoms with Crippen LogP contribution in [0.5, 0.6) is 5.75 Å². The van der Waals surface area contributed by atoms with Crippen LogP contribution in [0.4, 0.5) is 5.13 Å². The zero-order valence-electron chi connectivity index (χ0n) is 19.1. The van der Waals surface area contributed by atoms with Crippen molar-refractivity contribution in [3.8, 4) is 5.75 Å². The van der Waals surface area contributed by atoms with Crippen molar-refractivity contribution in [2.24, 2.45) is 0 Å². The van der Waals surface area contributed by atoms with Gasteiger partial charge in [0.15, 0.2) is 10.6 Å². The Balaban J connectivity index is 1.77. The summed E-state index contributed by atoms with van der Waals surface area (Å²) >= 11 is 1.44. The highest BCUT2D eigenvalue weighted by molar-refractivity contribution is 7.15. The number of hydrogen-bond donors (Lipinski definition) is 0. The number of aromatic nitrogens is 1. The molecule has 33 heavy (non-hydrogen) atoms. The lowest BCUT2D eigenvalue weighted by Gasteiger charge is -2.23. The van der Waals surface area contributed by atoms with Crippen molar-refractivity contribution in [2.75, 3.05) is 12.0 Å². The molecule has 1 aliphatic rings. The highest BCUT2D eigenvalue weighted by atomic mass is 32.1. The SMILES string of the molecule is COc1ccc2c(=O)c3c(oc2c1)C(=O)N(c1nc(C)c(C)s1)C3c1ccc(C(C)C)cc1. The molecule has 0 bridgehead atoms. The second-order valence-corrected chi connectivity index (χ2v) is 9.75. The Morgan fingerprint density at radius 3 is 2.42 bits per heavy atom. The van der Waals surface area contributed by atoms with Crippen molar-refractivity contribution in [1.82, 2.24) is 4.98 Å². The molecule has 1 aliphatic heterocycles. The quantitative estimate of drug-likeness (QED) is 0.388. The van der Waals surface area contributed by atoms with Crippen LogP contribution in [0.3, 0.4) is 0 Å². The van der Waals surface area contributed by atoms with Crippen molar-refractivity contribution >= 4 is 33.3 Å². The minimum absolute atomic E-state index is 0.0594. The maximum absolute atomic E-state index is 13.7. The Kier molecular flexibility index (Phi) is 5.09. The first-order valence-corrected chi connectivity index (χ1v) is 11.6. The molecule has 4 aromatic rings. The summed E-state index contributed by atoms with van der Waals surface area (Å²) in [7, 11) is 1.55. The van der Waals surface area contributed by atoms with Gasteiger partial charge in [0.2, 0.25) is 5.76 Å². The number of ether oxygens (including phenoxy) is 1. The highest BCUT2D eigenvalue weighted by Crippen LogP contribution is 2.43. The molecule has 0 spiro atoms. The number of benzene rings is 2. The predicted molar refractivity (Wildman–Crippen MR) is 130 cm³/mol. The van der Waals surface area contributed by atoms with Crippen LogP contribution in [-0.2, 0) is 0 Å². The van der Waals surface area contributed by atoms with Gasteiger partial charge in [-0.25, -0.2) is 4.98 Å². The van der Waals surface area contributed by atoms with Gasteiger partial charge in [-0.2, -0.15) is 0 Å². The lowest BCUT2D eigenvalue weighted by molar-refractivity contribution is 0.0971. The summed E-state index contributed by atoms with van der Waals surface area (Å²) in [6.07, 6.45) is 0. The van der Waals surface area contributed by atoms with Crippen molar-refractivity contribution in [3.63, 3.8) is 0 Å². The minimum Gasteiger partial charge on any atom is -0.497 e. The van der Waals surface area contributed by atoms with E-state index in [1.54, 1.807) is 30.2 Å². The summed E-state index contributed by atoms with van der Waals surface area (Å²) in [6, 6.07) is 12.5. The number of carbonyl (C=O) groups is 1. The molecule has 6 nitrogen and oxygen atoms in total. The number of methoxy groups -OCH3 is 1. The second kappa shape index (κ2) is 7.85. The molecule has 1 amide bonds. The predicted octanol–water partition coefficient (Wildman–Crippen LogP) is 5.75. The maximum atomic E-state index is 13.7. The third-order valence-electron chi connectivity index (χ3n) is 6.22. The van der Waals surface area contributed by atoms with Gasteiger partial charge >= 0.3 is 0 Å². The van der Waals surface area contributed by atoms with E-state index in [1.165, 1.54) is 16.9 Å². The minimum atomic E-state index is -0.610. The van der Waals surface area contributed by atoms with Crippen molar-refractivity contribution in [1.29, 1.82) is 0 Å². The van der Waals surface area contributed by atoms with Crippen LogP contribution < -0.4 is 15.1 Å². The van der Waals surface area contributed by atoms with Gasteiger partial charge < -0.3 is 9.15 Å². The largest absolute Gasteiger partial charge is 0.497 e. The third-order valence-corrected chi connectivity index (χ3v) is 7.29. The number of amides is 1. The number of fused-ring (bicyclic) bond motifs is 2. The molecule has 168 valence electrons. The van der Waals surface area contributed by atoms with Gasteiger partial charge in [0, 0.05) is 10.9 Å². The molecule has 0 saturated carbocycles. The Hall–Kier alpha value is -3.45. The van der Waals surface area contributed by atoms with Gasteiger partial charge in [-0.1, -0.05) is 38.1 Å². The molecule has 0 saturated heterocycles. The number of nitrogens with zero attached hydrogens (tertiary/aromatic N) is 2. The summed E-state index contributed by atoms with van der Waals surface area (Å²) in [5, 5.41) is 0.972. The monoisotopic (exact) mass is 460 g/mol. The molecule has 0 N–H and O–H groups in total. The first-order valence-electron chi connectivity index (χ1n) is 10.8. The Morgan fingerprint density at radius 1 is 1.09 bits per heavy atom. The molecular formula is C26H24N2O4S. The van der Waals surface area contributed by atoms with Crippen molar-refractivity contribution < 1.29 is 13.9 Å². The molecule has 2 aromatic carbocycles. The van der Waals surface area contributed by atoms with E-state index in [4.69, 9.17) is 9.15 Å². The van der Waals surface area contributed by atoms with Gasteiger partial charge in [-0.05, 0) is 43.0 Å². The van der Waals surface area contributed by atoms with Crippen LogP contribution in [0.1, 0.15) is 63.6 Å². The fraction of sp³-hybridized carbons (Fsp3) is 0.269. The zero-order chi connectivity index (χ0) is 23.4. The van der Waals surface area contributed by atoms with Gasteiger partial charge in [-0.15, -0.1) is 11.3 Å². The average molecular weight is 461 g/mol. The summed E-state index contributed by atoms with van der Waals surface area (Å²) < 4.78 is 11.3. The molecule has 2 aromatic heterocycles. The summed E-state index contributed by atoms with van der Waals surface area (Å²) in [5.74, 6) is 0.628. The summed E-state index contributed by atoms with van der Waals surface area (Å²) in [4.78, 5) is 34.6. The van der Waals surface area contributed by atoms with E-state index in [1.807, 2.05) is 38.1 Å². The summed E-state index contributed by atoms with van der Waals surface area (Å²) in [5.41, 5.74) is 3.36. The Bertz CT molecular complexity index is 1430. The summed E-state index contributed by atoms with van der Waals surface area (Å²) in [6.45, 7) is 8.15. The fourth-order valence-electron chi connectivity index (χ4n) is 4.21. The van der Waals surface area contributed by atoms with Gasteiger partial charge in [-0.3, -0.25) is 14.5 Å². The van der Waals surface area contributed by atoms with E-state index in [0.29, 0.717) is 33.3 Å². The van der Waals surface area contributed by atoms with Crippen LogP contribution in [0, 0.1) is 13.8 Å². The highest BCUT2D eigenvalue weighted by Gasteiger charge is 2.45. The number of carbonyl (C=O) groups excluding carboxylic acids is 1. The van der Waals surface area contributed by atoms with Crippen LogP contribution in [0.2, 0.25) is 0 Å². The van der Waals surface area contributed by atoms with E-state index < -0.39 is 6.04 Å². The lowest BCUT2D eigenvalue weighted by atomic mass is 9.95. The molecule has 7 heteroatoms. The van der Waals surface area contributed by atoms with Crippen molar-refractivity contribution in [2.45, 2.75) is 39.7 Å². The number of rotatable bonds is 4. The topological polar surface area (TPSA) is 72.6 Å². The van der Waals surface area contributed by atoms with Gasteiger partial charge in [0.25, 0.3) is 5.91 Å². The average Bonchev–Trinajstić information content (AvgIpc) is 3.29. The fourth-order valence-corrected chi connectivity index (χ4v) is 5.15. The molecule has 0 radical (unpaired) electrons.